The fourth-order valence-electron chi connectivity index (χ4n) is 5.71. The van der Waals surface area contributed by atoms with Crippen LogP contribution in [0.5, 0.6) is 0 Å². The third-order valence-corrected chi connectivity index (χ3v) is 7.54. The van der Waals surface area contributed by atoms with Crippen LogP contribution in [0.4, 0.5) is 8.78 Å². The minimum atomic E-state index is -2.53. The van der Waals surface area contributed by atoms with E-state index in [1.807, 2.05) is 4.57 Å². The van der Waals surface area contributed by atoms with E-state index in [2.05, 4.69) is 20.3 Å². The van der Waals surface area contributed by atoms with Crippen LogP contribution in [0.3, 0.4) is 0 Å². The van der Waals surface area contributed by atoms with E-state index in [0.29, 0.717) is 53.6 Å². The smallest absolute Gasteiger partial charge is 0.146 e. The van der Waals surface area contributed by atoms with Gasteiger partial charge >= 0.3 is 0 Å². The Morgan fingerprint density at radius 3 is 2.64 bits per heavy atom. The summed E-state index contributed by atoms with van der Waals surface area (Å²) in [6.45, 7) is 1.45. The fourth-order valence-corrected chi connectivity index (χ4v) is 5.71. The number of nitrogens with zero attached hydrogens (tertiary/aromatic N) is 6. The van der Waals surface area contributed by atoms with Crippen LogP contribution in [0, 0.1) is 24.4 Å². The molecule has 202 valence electrons. The summed E-state index contributed by atoms with van der Waals surface area (Å²) in [5, 5.41) is 19.1. The summed E-state index contributed by atoms with van der Waals surface area (Å²) in [6.07, 6.45) is 4.30. The fraction of sp³-hybridized carbons (Fsp3) is 0.379. The Labute approximate surface area is 228 Å². The van der Waals surface area contributed by atoms with Crippen molar-refractivity contribution in [1.82, 2.24) is 29.5 Å². The molecule has 0 radical (unpaired) electrons. The standard InChI is InChI=1S/C29H30F2N6O2/c1-16-27(36(4)35-34-16)18-12-24-25(33-15-18)19-13-22(31)20(29(2,3)38)14-23(19)37(24)28(17-7-10-39-11-8-17)26-21(30)6-5-9-32-26/h5-6,9,12-15,17,28,38H,7-8,10-11H2,1-4H3/i1D3. The highest BCUT2D eigenvalue weighted by molar-refractivity contribution is 6.07. The molecular formula is C29H30F2N6O2. The number of ether oxygens (including phenoxy) is 1. The molecule has 4 aromatic heterocycles. The van der Waals surface area contributed by atoms with E-state index in [1.54, 1.807) is 19.2 Å². The van der Waals surface area contributed by atoms with Crippen LogP contribution in [-0.2, 0) is 17.4 Å². The summed E-state index contributed by atoms with van der Waals surface area (Å²) >= 11 is 0. The Balaban J connectivity index is 1.73. The van der Waals surface area contributed by atoms with Gasteiger partial charge in [-0.1, -0.05) is 5.21 Å². The lowest BCUT2D eigenvalue weighted by molar-refractivity contribution is 0.0542. The molecule has 0 aliphatic carbocycles. The lowest BCUT2D eigenvalue weighted by atomic mass is 9.88. The van der Waals surface area contributed by atoms with Gasteiger partial charge in [-0.05, 0) is 69.8 Å². The van der Waals surface area contributed by atoms with Crippen LogP contribution in [0.25, 0.3) is 33.2 Å². The molecule has 39 heavy (non-hydrogen) atoms. The van der Waals surface area contributed by atoms with Gasteiger partial charge in [-0.2, -0.15) is 0 Å². The zero-order valence-corrected chi connectivity index (χ0v) is 21.8. The second kappa shape index (κ2) is 9.46. The lowest BCUT2D eigenvalue weighted by Gasteiger charge is -2.32. The number of aryl methyl sites for hydroxylation is 2. The maximum atomic E-state index is 15.6. The monoisotopic (exact) mass is 535 g/mol. The van der Waals surface area contributed by atoms with Crippen molar-refractivity contribution in [2.24, 2.45) is 13.0 Å². The van der Waals surface area contributed by atoms with Crippen LogP contribution in [0.1, 0.15) is 53.8 Å². The largest absolute Gasteiger partial charge is 0.386 e. The Morgan fingerprint density at radius 2 is 1.92 bits per heavy atom. The SMILES string of the molecule is [2H]C([2H])([2H])c1nnn(C)c1-c1cnc2c3cc(F)c(C(C)(C)O)cc3n(C(c3ncccc3F)C3CCOCC3)c2c1. The van der Waals surface area contributed by atoms with Gasteiger partial charge in [0.1, 0.15) is 11.6 Å². The number of halogens is 2. The molecule has 1 aliphatic heterocycles. The summed E-state index contributed by atoms with van der Waals surface area (Å²) in [5.74, 6) is -1.19. The molecule has 5 heterocycles. The topological polar surface area (TPSA) is 90.9 Å². The maximum Gasteiger partial charge on any atom is 0.146 e. The molecule has 5 aromatic rings. The van der Waals surface area contributed by atoms with E-state index in [1.165, 1.54) is 49.1 Å². The summed E-state index contributed by atoms with van der Waals surface area (Å²) in [7, 11) is 1.59. The van der Waals surface area contributed by atoms with Crippen LogP contribution in [-0.4, -0.2) is 47.8 Å². The van der Waals surface area contributed by atoms with Gasteiger partial charge in [0.2, 0.25) is 0 Å². The van der Waals surface area contributed by atoms with Crippen molar-refractivity contribution < 1.29 is 22.7 Å². The van der Waals surface area contributed by atoms with E-state index in [9.17, 15) is 5.11 Å². The Hall–Kier alpha value is -3.76. The van der Waals surface area contributed by atoms with Crippen molar-refractivity contribution in [2.45, 2.75) is 45.2 Å². The molecule has 1 fully saturated rings. The zero-order chi connectivity index (χ0) is 30.0. The molecule has 1 aliphatic rings. The minimum absolute atomic E-state index is 0.0759. The molecule has 0 amide bonds. The van der Waals surface area contributed by atoms with E-state index in [4.69, 9.17) is 8.85 Å². The first kappa shape index (κ1) is 22.1. The summed E-state index contributed by atoms with van der Waals surface area (Å²) in [4.78, 5) is 9.15. The van der Waals surface area contributed by atoms with Crippen molar-refractivity contribution in [3.8, 4) is 11.3 Å². The van der Waals surface area contributed by atoms with Crippen molar-refractivity contribution in [2.75, 3.05) is 13.2 Å². The van der Waals surface area contributed by atoms with E-state index < -0.39 is 30.1 Å². The number of aromatic nitrogens is 6. The first-order valence-electron chi connectivity index (χ1n) is 14.3. The van der Waals surface area contributed by atoms with Crippen LogP contribution in [0.2, 0.25) is 0 Å². The summed E-state index contributed by atoms with van der Waals surface area (Å²) in [6, 6.07) is 6.92. The highest BCUT2D eigenvalue weighted by Crippen LogP contribution is 2.42. The summed E-state index contributed by atoms with van der Waals surface area (Å²) < 4.78 is 63.9. The molecule has 1 N–H and O–H groups in total. The number of hydrogen-bond acceptors (Lipinski definition) is 6. The molecule has 6 rings (SSSR count). The highest BCUT2D eigenvalue weighted by Gasteiger charge is 2.34. The number of rotatable bonds is 5. The van der Waals surface area contributed by atoms with E-state index in [0.717, 1.165) is 0 Å². The van der Waals surface area contributed by atoms with Crippen molar-refractivity contribution in [1.29, 1.82) is 0 Å². The predicted octanol–water partition coefficient (Wildman–Crippen LogP) is 5.21. The molecule has 0 bridgehead atoms. The second-order valence-electron chi connectivity index (χ2n) is 10.5. The first-order valence-corrected chi connectivity index (χ1v) is 12.8. The molecule has 0 saturated carbocycles. The van der Waals surface area contributed by atoms with Gasteiger partial charge in [-0.25, -0.2) is 13.5 Å². The normalized spacial score (nSPS) is 17.3. The highest BCUT2D eigenvalue weighted by atomic mass is 19.1. The quantitative estimate of drug-likeness (QED) is 0.332. The van der Waals surface area contributed by atoms with Crippen molar-refractivity contribution in [3.63, 3.8) is 0 Å². The van der Waals surface area contributed by atoms with Gasteiger partial charge in [0.05, 0.1) is 45.3 Å². The second-order valence-corrected chi connectivity index (χ2v) is 10.5. The average Bonchev–Trinajstić information content (AvgIpc) is 3.47. The molecular weight excluding hydrogens is 502 g/mol. The average molecular weight is 536 g/mol. The molecule has 1 atom stereocenters. The molecule has 10 heteroatoms. The molecule has 8 nitrogen and oxygen atoms in total. The van der Waals surface area contributed by atoms with Gasteiger partial charge in [-0.15, -0.1) is 5.10 Å². The Kier molecular flexibility index (Phi) is 5.36. The predicted molar refractivity (Wildman–Crippen MR) is 143 cm³/mol. The number of benzene rings is 1. The summed E-state index contributed by atoms with van der Waals surface area (Å²) in [5.41, 5.74) is 0.798. The zero-order valence-electron chi connectivity index (χ0n) is 24.8. The van der Waals surface area contributed by atoms with Gasteiger partial charge in [0.25, 0.3) is 0 Å². The Morgan fingerprint density at radius 1 is 1.13 bits per heavy atom. The van der Waals surface area contributed by atoms with Gasteiger partial charge < -0.3 is 14.4 Å². The van der Waals surface area contributed by atoms with E-state index >= 15 is 8.78 Å². The van der Waals surface area contributed by atoms with Gasteiger partial charge in [0.15, 0.2) is 0 Å². The van der Waals surface area contributed by atoms with Crippen LogP contribution >= 0.6 is 0 Å². The lowest BCUT2D eigenvalue weighted by Crippen LogP contribution is -2.28. The molecule has 1 aromatic carbocycles. The number of fused-ring (bicyclic) bond motifs is 3. The van der Waals surface area contributed by atoms with Gasteiger partial charge in [-0.3, -0.25) is 9.97 Å². The van der Waals surface area contributed by atoms with E-state index in [-0.39, 0.29) is 28.6 Å². The third kappa shape index (κ3) is 4.28. The minimum Gasteiger partial charge on any atom is -0.386 e. The maximum absolute atomic E-state index is 15.6. The van der Waals surface area contributed by atoms with Gasteiger partial charge in [0, 0.05) is 53.3 Å². The molecule has 1 unspecified atom stereocenters. The third-order valence-electron chi connectivity index (χ3n) is 7.54. The van der Waals surface area contributed by atoms with Crippen molar-refractivity contribution in [3.05, 3.63) is 71.3 Å². The van der Waals surface area contributed by atoms with Crippen LogP contribution < -0.4 is 0 Å². The van der Waals surface area contributed by atoms with Crippen LogP contribution in [0.15, 0.2) is 42.7 Å². The number of aliphatic hydroxyl groups is 1. The Bertz CT molecular complexity index is 1810. The number of pyridine rings is 2. The number of hydrogen-bond donors (Lipinski definition) is 1. The molecule has 0 spiro atoms. The first-order chi connectivity index (χ1) is 19.9. The van der Waals surface area contributed by atoms with Crippen molar-refractivity contribution >= 4 is 21.9 Å². The molecule has 1 saturated heterocycles.